The summed E-state index contributed by atoms with van der Waals surface area (Å²) >= 11 is 4.36. The van der Waals surface area contributed by atoms with Crippen LogP contribution in [0.4, 0.5) is 5.69 Å². The summed E-state index contributed by atoms with van der Waals surface area (Å²) in [6.45, 7) is 0. The van der Waals surface area contributed by atoms with E-state index >= 15 is 0 Å². The molecule has 1 aromatic carbocycles. The highest BCUT2D eigenvalue weighted by molar-refractivity contribution is 8.04. The largest absolute Gasteiger partial charge is 0.337 e. The summed E-state index contributed by atoms with van der Waals surface area (Å²) in [5.41, 5.74) is 10.3. The quantitative estimate of drug-likeness (QED) is 0.307. The van der Waals surface area contributed by atoms with E-state index in [1.165, 1.54) is 33.7 Å². The van der Waals surface area contributed by atoms with Gasteiger partial charge in [0.1, 0.15) is 0 Å². The molecule has 0 saturated carbocycles. The minimum atomic E-state index is -0.0221. The molecular weight excluding hydrogens is 667 g/mol. The summed E-state index contributed by atoms with van der Waals surface area (Å²) in [6.07, 6.45) is 58.1. The Labute approximate surface area is 317 Å². The van der Waals surface area contributed by atoms with Crippen molar-refractivity contribution in [2.75, 3.05) is 4.90 Å². The average molecular weight is 712 g/mol. The van der Waals surface area contributed by atoms with Crippen LogP contribution in [0.1, 0.15) is 32.1 Å². The van der Waals surface area contributed by atoms with Crippen molar-refractivity contribution in [1.82, 2.24) is 0 Å². The van der Waals surface area contributed by atoms with Crippen molar-refractivity contribution < 1.29 is 0 Å². The molecule has 0 radical (unpaired) electrons. The topological polar surface area (TPSA) is 3.24 Å². The highest BCUT2D eigenvalue weighted by Gasteiger charge is 2.63. The van der Waals surface area contributed by atoms with Crippen LogP contribution in [0, 0.1) is 35.0 Å². The fourth-order valence-corrected chi connectivity index (χ4v) is 14.4. The zero-order chi connectivity index (χ0) is 34.2. The highest BCUT2D eigenvalue weighted by atomic mass is 32.2. The molecule has 10 atom stereocenters. The molecule has 3 heteroatoms. The smallest absolute Gasteiger partial charge is 0.0626 e. The Hall–Kier alpha value is -3.92. The second-order valence-corrected chi connectivity index (χ2v) is 18.5. The van der Waals surface area contributed by atoms with Crippen LogP contribution < -0.4 is 4.90 Å². The normalized spacial score (nSPS) is 38.7. The molecule has 1 spiro atoms. The van der Waals surface area contributed by atoms with Crippen LogP contribution in [0.3, 0.4) is 0 Å². The molecule has 7 aliphatic carbocycles. The molecule has 10 unspecified atom stereocenters. The van der Waals surface area contributed by atoms with E-state index < -0.39 is 0 Å². The number of hydrogen-bond acceptors (Lipinski definition) is 3. The summed E-state index contributed by atoms with van der Waals surface area (Å²) in [5.74, 6) is 2.03. The van der Waals surface area contributed by atoms with Crippen molar-refractivity contribution in [1.29, 1.82) is 0 Å². The van der Waals surface area contributed by atoms with E-state index in [0.29, 0.717) is 51.4 Å². The Morgan fingerprint density at radius 2 is 1.44 bits per heavy atom. The Morgan fingerprint density at radius 1 is 0.635 bits per heavy atom. The van der Waals surface area contributed by atoms with Gasteiger partial charge in [0, 0.05) is 67.0 Å². The van der Waals surface area contributed by atoms with E-state index in [1.807, 2.05) is 0 Å². The van der Waals surface area contributed by atoms with Crippen LogP contribution in [0.2, 0.25) is 0 Å². The SMILES string of the molecule is C1=CC2SC3C=CC(C4=CCCC=C4)=CC3C3(C4=CCCC=C4SC4C=CC(C5C=CC6=C(C5)N(c5ccccc5)C5C=CC=CC65)=CC43)C2C=C1. The van der Waals surface area contributed by atoms with Gasteiger partial charge in [0.2, 0.25) is 0 Å². The van der Waals surface area contributed by atoms with E-state index in [1.54, 1.807) is 10.5 Å². The molecule has 0 N–H and O–H groups in total. The van der Waals surface area contributed by atoms with Gasteiger partial charge < -0.3 is 4.90 Å². The third-order valence-electron chi connectivity index (χ3n) is 13.4. The van der Waals surface area contributed by atoms with Gasteiger partial charge in [-0.25, -0.2) is 0 Å². The zero-order valence-electron chi connectivity index (χ0n) is 29.5. The van der Waals surface area contributed by atoms with Gasteiger partial charge in [-0.15, -0.1) is 23.5 Å². The van der Waals surface area contributed by atoms with Gasteiger partial charge in [0.15, 0.2) is 0 Å². The van der Waals surface area contributed by atoms with Gasteiger partial charge in [0.25, 0.3) is 0 Å². The van der Waals surface area contributed by atoms with E-state index in [-0.39, 0.29) is 5.41 Å². The standard InChI is InChI=1S/C49H45NS2/c1-3-13-32(14-4-1)33-24-27-47-41(29-33)49(39-18-8-11-21-45(39)51-47)40-19-9-12-22-46(40)52-48-28-25-34(30-42(48)49)35-23-26-38-37-17-7-10-20-43(37)50(44(38)31-35)36-15-5-2-6-16-36/h2-3,5-8,10-11,13-30,35,37,39,41-43,45,47-48H,1,4,9,12,31H2. The first-order valence-corrected chi connectivity index (χ1v) is 21.5. The van der Waals surface area contributed by atoms with Crippen molar-refractivity contribution in [2.24, 2.45) is 35.0 Å². The number of hydrogen-bond donors (Lipinski definition) is 0. The Balaban J connectivity index is 1.03. The lowest BCUT2D eigenvalue weighted by Gasteiger charge is -2.62. The lowest BCUT2D eigenvalue weighted by molar-refractivity contribution is 0.113. The molecule has 2 fully saturated rings. The van der Waals surface area contributed by atoms with Crippen LogP contribution >= 0.6 is 23.5 Å². The molecule has 3 aliphatic heterocycles. The molecule has 52 heavy (non-hydrogen) atoms. The number of benzene rings is 1. The molecule has 1 nitrogen and oxygen atoms in total. The Kier molecular flexibility index (Phi) is 7.65. The maximum Gasteiger partial charge on any atom is 0.0626 e. The summed E-state index contributed by atoms with van der Waals surface area (Å²) in [6, 6.07) is 11.5. The van der Waals surface area contributed by atoms with E-state index in [0.717, 1.165) is 32.1 Å². The lowest BCUT2D eigenvalue weighted by Crippen LogP contribution is -2.58. The van der Waals surface area contributed by atoms with Crippen LogP contribution in [-0.2, 0) is 0 Å². The molecule has 1 aromatic rings. The summed E-state index contributed by atoms with van der Waals surface area (Å²) < 4.78 is 0. The minimum absolute atomic E-state index is 0.0221. The van der Waals surface area contributed by atoms with Gasteiger partial charge in [-0.3, -0.25) is 0 Å². The molecule has 10 aliphatic rings. The van der Waals surface area contributed by atoms with E-state index in [4.69, 9.17) is 0 Å². The maximum absolute atomic E-state index is 2.81. The minimum Gasteiger partial charge on any atom is -0.337 e. The highest BCUT2D eigenvalue weighted by Crippen LogP contribution is 2.70. The van der Waals surface area contributed by atoms with Crippen molar-refractivity contribution in [2.45, 2.75) is 53.9 Å². The fraction of sp³-hybridized carbons (Fsp3) is 0.306. The first-order chi connectivity index (χ1) is 25.8. The molecule has 11 rings (SSSR count). The first kappa shape index (κ1) is 31.6. The molecule has 3 heterocycles. The number of fused-ring (bicyclic) bond motifs is 10. The number of rotatable bonds is 3. The van der Waals surface area contributed by atoms with Crippen molar-refractivity contribution in [3.05, 3.63) is 196 Å². The number of nitrogens with zero attached hydrogens (tertiary/aromatic N) is 1. The summed E-state index contributed by atoms with van der Waals surface area (Å²) in [5, 5.41) is 1.35. The Bertz CT molecular complexity index is 2140. The summed E-state index contributed by atoms with van der Waals surface area (Å²) in [7, 11) is 0. The molecule has 0 aromatic heterocycles. The maximum atomic E-state index is 2.81. The van der Waals surface area contributed by atoms with Gasteiger partial charge in [-0.1, -0.05) is 146 Å². The van der Waals surface area contributed by atoms with Crippen LogP contribution in [-0.4, -0.2) is 21.8 Å². The van der Waals surface area contributed by atoms with Crippen LogP contribution in [0.5, 0.6) is 0 Å². The van der Waals surface area contributed by atoms with Crippen molar-refractivity contribution in [3.8, 4) is 0 Å². The molecular formula is C49H45NS2. The van der Waals surface area contributed by atoms with Gasteiger partial charge >= 0.3 is 0 Å². The molecule has 0 amide bonds. The number of anilines is 1. The van der Waals surface area contributed by atoms with Crippen LogP contribution in [0.25, 0.3) is 0 Å². The third-order valence-corrected chi connectivity index (χ3v) is 16.3. The number of allylic oxidation sites excluding steroid dienone is 21. The van der Waals surface area contributed by atoms with Gasteiger partial charge in [0.05, 0.1) is 6.04 Å². The number of para-hydroxylation sites is 1. The lowest BCUT2D eigenvalue weighted by atomic mass is 9.50. The third kappa shape index (κ3) is 4.77. The number of thioether (sulfide) groups is 2. The molecule has 258 valence electrons. The predicted molar refractivity (Wildman–Crippen MR) is 223 cm³/mol. The summed E-state index contributed by atoms with van der Waals surface area (Å²) in [4.78, 5) is 4.21. The second-order valence-electron chi connectivity index (χ2n) is 15.9. The monoisotopic (exact) mass is 711 g/mol. The van der Waals surface area contributed by atoms with Gasteiger partial charge in [-0.05, 0) is 72.1 Å². The van der Waals surface area contributed by atoms with E-state index in [9.17, 15) is 0 Å². The molecule has 2 saturated heterocycles. The van der Waals surface area contributed by atoms with Gasteiger partial charge in [-0.2, -0.15) is 0 Å². The average Bonchev–Trinajstić information content (AvgIpc) is 3.55. The van der Waals surface area contributed by atoms with Crippen molar-refractivity contribution in [3.63, 3.8) is 0 Å². The van der Waals surface area contributed by atoms with Crippen LogP contribution in [0.15, 0.2) is 196 Å². The van der Waals surface area contributed by atoms with Crippen molar-refractivity contribution >= 4 is 29.2 Å². The van der Waals surface area contributed by atoms with E-state index in [2.05, 4.69) is 186 Å². The zero-order valence-corrected chi connectivity index (χ0v) is 31.1. The second kappa shape index (κ2) is 12.6. The predicted octanol–water partition coefficient (Wildman–Crippen LogP) is 11.9. The fourth-order valence-electron chi connectivity index (χ4n) is 11.2. The molecule has 0 bridgehead atoms. The first-order valence-electron chi connectivity index (χ1n) is 19.6. The Morgan fingerprint density at radius 3 is 2.37 bits per heavy atom.